The van der Waals surface area contributed by atoms with Crippen molar-refractivity contribution in [1.29, 1.82) is 0 Å². The molecule has 1 saturated carbocycles. The van der Waals surface area contributed by atoms with Gasteiger partial charge in [0.05, 0.1) is 6.10 Å². The summed E-state index contributed by atoms with van der Waals surface area (Å²) in [6.45, 7) is 12.7. The molecule has 1 rings (SSSR count). The van der Waals surface area contributed by atoms with Crippen molar-refractivity contribution in [2.24, 2.45) is 10.8 Å². The standard InChI is InChI=1S/C15H31NO/c1-14(2,3)9-10-16(6)13-11-12(17)7-8-15(13,4)5/h12-13,17H,7-11H2,1-6H3. The van der Waals surface area contributed by atoms with Gasteiger partial charge in [0.15, 0.2) is 0 Å². The third-order valence-corrected chi connectivity index (χ3v) is 4.27. The Morgan fingerprint density at radius 2 is 1.88 bits per heavy atom. The number of hydrogen-bond acceptors (Lipinski definition) is 2. The lowest BCUT2D eigenvalue weighted by atomic mass is 9.71. The zero-order valence-electron chi connectivity index (χ0n) is 12.6. The van der Waals surface area contributed by atoms with Crippen LogP contribution < -0.4 is 0 Å². The quantitative estimate of drug-likeness (QED) is 0.819. The van der Waals surface area contributed by atoms with Crippen molar-refractivity contribution in [2.45, 2.75) is 72.4 Å². The van der Waals surface area contributed by atoms with Gasteiger partial charge in [0.1, 0.15) is 0 Å². The fourth-order valence-electron chi connectivity index (χ4n) is 2.84. The number of hydrogen-bond donors (Lipinski definition) is 1. The van der Waals surface area contributed by atoms with Gasteiger partial charge in [-0.3, -0.25) is 0 Å². The molecule has 0 aromatic rings. The van der Waals surface area contributed by atoms with Crippen LogP contribution in [-0.4, -0.2) is 35.7 Å². The molecule has 0 aliphatic heterocycles. The van der Waals surface area contributed by atoms with Crippen LogP contribution in [-0.2, 0) is 0 Å². The molecular weight excluding hydrogens is 210 g/mol. The Balaban J connectivity index is 2.56. The first-order valence-electron chi connectivity index (χ1n) is 7.00. The van der Waals surface area contributed by atoms with Crippen LogP contribution in [0.4, 0.5) is 0 Å². The molecule has 2 heteroatoms. The Bertz CT molecular complexity index is 242. The lowest BCUT2D eigenvalue weighted by Gasteiger charge is -2.46. The maximum absolute atomic E-state index is 9.86. The van der Waals surface area contributed by atoms with Crippen LogP contribution in [0.2, 0.25) is 0 Å². The summed E-state index contributed by atoms with van der Waals surface area (Å²) in [6.07, 6.45) is 4.17. The molecule has 0 heterocycles. The smallest absolute Gasteiger partial charge is 0.0555 e. The van der Waals surface area contributed by atoms with E-state index in [1.165, 1.54) is 6.42 Å². The average molecular weight is 241 g/mol. The van der Waals surface area contributed by atoms with Crippen LogP contribution >= 0.6 is 0 Å². The van der Waals surface area contributed by atoms with E-state index in [2.05, 4.69) is 46.6 Å². The van der Waals surface area contributed by atoms with Gasteiger partial charge in [0, 0.05) is 6.04 Å². The summed E-state index contributed by atoms with van der Waals surface area (Å²) in [5.74, 6) is 0. The second kappa shape index (κ2) is 5.27. The molecule has 2 nitrogen and oxygen atoms in total. The molecule has 0 amide bonds. The van der Waals surface area contributed by atoms with Gasteiger partial charge >= 0.3 is 0 Å². The fraction of sp³-hybridized carbons (Fsp3) is 1.00. The molecule has 0 saturated heterocycles. The zero-order chi connectivity index (χ0) is 13.3. The van der Waals surface area contributed by atoms with E-state index in [1.807, 2.05) is 0 Å². The van der Waals surface area contributed by atoms with Crippen LogP contribution in [0, 0.1) is 10.8 Å². The molecule has 1 N–H and O–H groups in total. The molecule has 102 valence electrons. The lowest BCUT2D eigenvalue weighted by Crippen LogP contribution is -2.49. The van der Waals surface area contributed by atoms with E-state index in [-0.39, 0.29) is 6.10 Å². The van der Waals surface area contributed by atoms with Gasteiger partial charge in [-0.2, -0.15) is 0 Å². The third-order valence-electron chi connectivity index (χ3n) is 4.27. The van der Waals surface area contributed by atoms with Gasteiger partial charge in [0.2, 0.25) is 0 Å². The Morgan fingerprint density at radius 3 is 2.41 bits per heavy atom. The Labute approximate surface area is 107 Å². The van der Waals surface area contributed by atoms with Gasteiger partial charge in [0.25, 0.3) is 0 Å². The number of aliphatic hydroxyl groups is 1. The van der Waals surface area contributed by atoms with Gasteiger partial charge < -0.3 is 10.0 Å². The second-order valence-electron chi connectivity index (χ2n) is 7.72. The number of nitrogens with zero attached hydrogens (tertiary/aromatic N) is 1. The molecule has 17 heavy (non-hydrogen) atoms. The zero-order valence-corrected chi connectivity index (χ0v) is 12.6. The van der Waals surface area contributed by atoms with E-state index in [4.69, 9.17) is 0 Å². The Morgan fingerprint density at radius 1 is 1.29 bits per heavy atom. The van der Waals surface area contributed by atoms with Crippen LogP contribution in [0.3, 0.4) is 0 Å². The summed E-state index contributed by atoms with van der Waals surface area (Å²) in [6, 6.07) is 0.522. The fourth-order valence-corrected chi connectivity index (χ4v) is 2.84. The van der Waals surface area contributed by atoms with Crippen LogP contribution in [0.5, 0.6) is 0 Å². The highest BCUT2D eigenvalue weighted by molar-refractivity contribution is 4.92. The first kappa shape index (κ1) is 15.0. The number of rotatable bonds is 3. The molecular formula is C15H31NO. The molecule has 0 aromatic carbocycles. The van der Waals surface area contributed by atoms with E-state index >= 15 is 0 Å². The molecule has 0 aromatic heterocycles. The molecule has 1 aliphatic carbocycles. The summed E-state index contributed by atoms with van der Waals surface area (Å²) in [5.41, 5.74) is 0.734. The summed E-state index contributed by atoms with van der Waals surface area (Å²) in [5, 5.41) is 9.86. The highest BCUT2D eigenvalue weighted by atomic mass is 16.3. The Kier molecular flexibility index (Phi) is 4.65. The molecule has 0 bridgehead atoms. The maximum Gasteiger partial charge on any atom is 0.0555 e. The topological polar surface area (TPSA) is 23.5 Å². The maximum atomic E-state index is 9.86. The molecule has 0 radical (unpaired) electrons. The minimum atomic E-state index is -0.0925. The van der Waals surface area contributed by atoms with Gasteiger partial charge in [-0.05, 0) is 50.1 Å². The molecule has 0 spiro atoms. The summed E-state index contributed by atoms with van der Waals surface area (Å²) in [4.78, 5) is 2.47. The van der Waals surface area contributed by atoms with Crippen molar-refractivity contribution >= 4 is 0 Å². The van der Waals surface area contributed by atoms with E-state index < -0.39 is 0 Å². The lowest BCUT2D eigenvalue weighted by molar-refractivity contribution is -0.00404. The minimum absolute atomic E-state index is 0.0925. The average Bonchev–Trinajstić information content (AvgIpc) is 2.17. The van der Waals surface area contributed by atoms with Gasteiger partial charge in [-0.1, -0.05) is 34.6 Å². The molecule has 1 aliphatic rings. The summed E-state index contributed by atoms with van der Waals surface area (Å²) in [7, 11) is 2.22. The van der Waals surface area contributed by atoms with E-state index in [1.54, 1.807) is 0 Å². The van der Waals surface area contributed by atoms with Crippen LogP contribution in [0.25, 0.3) is 0 Å². The van der Waals surface area contributed by atoms with E-state index in [9.17, 15) is 5.11 Å². The largest absolute Gasteiger partial charge is 0.393 e. The Hall–Kier alpha value is -0.0800. The van der Waals surface area contributed by atoms with Crippen LogP contribution in [0.1, 0.15) is 60.3 Å². The van der Waals surface area contributed by atoms with E-state index in [0.717, 1.165) is 25.8 Å². The third kappa shape index (κ3) is 4.59. The van der Waals surface area contributed by atoms with Crippen molar-refractivity contribution in [2.75, 3.05) is 13.6 Å². The monoisotopic (exact) mass is 241 g/mol. The first-order valence-corrected chi connectivity index (χ1v) is 7.00. The van der Waals surface area contributed by atoms with Crippen molar-refractivity contribution in [3.8, 4) is 0 Å². The van der Waals surface area contributed by atoms with Gasteiger partial charge in [-0.25, -0.2) is 0 Å². The molecule has 2 atom stereocenters. The highest BCUT2D eigenvalue weighted by Crippen LogP contribution is 2.38. The second-order valence-corrected chi connectivity index (χ2v) is 7.72. The summed E-state index contributed by atoms with van der Waals surface area (Å²) >= 11 is 0. The predicted molar refractivity (Wildman–Crippen MR) is 74.1 cm³/mol. The highest BCUT2D eigenvalue weighted by Gasteiger charge is 2.38. The predicted octanol–water partition coefficient (Wildman–Crippen LogP) is 3.29. The normalized spacial score (nSPS) is 29.6. The summed E-state index contributed by atoms with van der Waals surface area (Å²) < 4.78 is 0. The van der Waals surface area contributed by atoms with Crippen molar-refractivity contribution in [1.82, 2.24) is 4.90 Å². The van der Waals surface area contributed by atoms with Crippen molar-refractivity contribution < 1.29 is 5.11 Å². The van der Waals surface area contributed by atoms with E-state index in [0.29, 0.717) is 16.9 Å². The minimum Gasteiger partial charge on any atom is -0.393 e. The number of aliphatic hydroxyl groups excluding tert-OH is 1. The SMILES string of the molecule is CN(CCC(C)(C)C)C1CC(O)CCC1(C)C. The molecule has 1 fully saturated rings. The van der Waals surface area contributed by atoms with Gasteiger partial charge in [-0.15, -0.1) is 0 Å². The van der Waals surface area contributed by atoms with Crippen molar-refractivity contribution in [3.05, 3.63) is 0 Å². The molecule has 2 unspecified atom stereocenters. The van der Waals surface area contributed by atoms with Crippen molar-refractivity contribution in [3.63, 3.8) is 0 Å². The first-order chi connectivity index (χ1) is 7.62. The van der Waals surface area contributed by atoms with Crippen LogP contribution in [0.15, 0.2) is 0 Å².